The summed E-state index contributed by atoms with van der Waals surface area (Å²) < 4.78 is 0.986. The Morgan fingerprint density at radius 1 is 1.14 bits per heavy atom. The predicted molar refractivity (Wildman–Crippen MR) is 92.8 cm³/mol. The lowest BCUT2D eigenvalue weighted by Crippen LogP contribution is -2.07. The molecule has 2 rings (SSSR count). The minimum Gasteiger partial charge on any atom is -0.369 e. The Balaban J connectivity index is 2.60. The molecule has 0 bridgehead atoms. The fourth-order valence-corrected chi connectivity index (χ4v) is 2.81. The maximum Gasteiger partial charge on any atom is 0.162 e. The van der Waals surface area contributed by atoms with Crippen molar-refractivity contribution in [3.8, 4) is 11.4 Å². The van der Waals surface area contributed by atoms with Crippen LogP contribution in [0.4, 0.5) is 5.82 Å². The van der Waals surface area contributed by atoms with Gasteiger partial charge in [-0.1, -0.05) is 31.5 Å². The van der Waals surface area contributed by atoms with E-state index < -0.39 is 0 Å². The predicted octanol–water partition coefficient (Wildman–Crippen LogP) is 4.91. The fraction of sp³-hybridized carbons (Fsp3) is 0.412. The Labute approximate surface area is 135 Å². The highest BCUT2D eigenvalue weighted by Gasteiger charge is 2.14. The van der Waals surface area contributed by atoms with Gasteiger partial charge in [0.15, 0.2) is 5.82 Å². The van der Waals surface area contributed by atoms with Crippen molar-refractivity contribution in [1.82, 2.24) is 9.97 Å². The Bertz CT molecular complexity index is 611. The van der Waals surface area contributed by atoms with Crippen LogP contribution >= 0.6 is 15.9 Å². The third-order valence-corrected chi connectivity index (χ3v) is 4.43. The van der Waals surface area contributed by atoms with Crippen LogP contribution in [0.1, 0.15) is 37.1 Å². The van der Waals surface area contributed by atoms with Gasteiger partial charge in [0.2, 0.25) is 0 Å². The van der Waals surface area contributed by atoms with Crippen LogP contribution in [0.5, 0.6) is 0 Å². The van der Waals surface area contributed by atoms with Gasteiger partial charge >= 0.3 is 0 Å². The molecule has 1 heterocycles. The Hall–Kier alpha value is -1.42. The van der Waals surface area contributed by atoms with E-state index in [1.807, 2.05) is 0 Å². The summed E-state index contributed by atoms with van der Waals surface area (Å²) in [5.74, 6) is 1.69. The van der Waals surface area contributed by atoms with Crippen LogP contribution < -0.4 is 5.32 Å². The second kappa shape index (κ2) is 7.03. The van der Waals surface area contributed by atoms with E-state index in [0.717, 1.165) is 46.8 Å². The van der Waals surface area contributed by atoms with E-state index >= 15 is 0 Å². The number of hydrogen-bond donors (Lipinski definition) is 1. The maximum absolute atomic E-state index is 4.78. The number of rotatable bonds is 5. The number of halogens is 1. The van der Waals surface area contributed by atoms with Gasteiger partial charge in [-0.15, -0.1) is 0 Å². The number of aromatic nitrogens is 2. The van der Waals surface area contributed by atoms with Gasteiger partial charge in [-0.3, -0.25) is 0 Å². The van der Waals surface area contributed by atoms with E-state index in [1.165, 1.54) is 11.1 Å². The molecule has 0 unspecified atom stereocenters. The summed E-state index contributed by atoms with van der Waals surface area (Å²) in [5.41, 5.74) is 4.68. The molecule has 0 saturated heterocycles. The van der Waals surface area contributed by atoms with Crippen LogP contribution in [-0.2, 0) is 6.42 Å². The van der Waals surface area contributed by atoms with Gasteiger partial charge in [0.1, 0.15) is 5.82 Å². The summed E-state index contributed by atoms with van der Waals surface area (Å²) in [4.78, 5) is 9.49. The average Bonchev–Trinajstić information content (AvgIpc) is 2.46. The van der Waals surface area contributed by atoms with Gasteiger partial charge in [0.25, 0.3) is 0 Å². The van der Waals surface area contributed by atoms with E-state index in [4.69, 9.17) is 9.97 Å². The van der Waals surface area contributed by atoms with Crippen LogP contribution in [0.2, 0.25) is 0 Å². The molecule has 4 heteroatoms. The highest BCUT2D eigenvalue weighted by Crippen LogP contribution is 2.30. The van der Waals surface area contributed by atoms with Gasteiger partial charge in [-0.2, -0.15) is 0 Å². The van der Waals surface area contributed by atoms with Gasteiger partial charge in [0.05, 0.1) is 10.2 Å². The van der Waals surface area contributed by atoms with Crippen molar-refractivity contribution >= 4 is 21.7 Å². The van der Waals surface area contributed by atoms with Crippen LogP contribution in [0.3, 0.4) is 0 Å². The van der Waals surface area contributed by atoms with Gasteiger partial charge in [0, 0.05) is 12.1 Å². The SMILES string of the molecule is CCCc1nc(-c2cccc(C)c2C)nc(NCC)c1Br. The smallest absolute Gasteiger partial charge is 0.162 e. The third kappa shape index (κ3) is 3.43. The topological polar surface area (TPSA) is 37.8 Å². The van der Waals surface area contributed by atoms with Crippen LogP contribution in [-0.4, -0.2) is 16.5 Å². The summed E-state index contributed by atoms with van der Waals surface area (Å²) in [6.07, 6.45) is 2.01. The van der Waals surface area contributed by atoms with Gasteiger partial charge in [-0.25, -0.2) is 9.97 Å². The molecule has 0 fully saturated rings. The first-order valence-electron chi connectivity index (χ1n) is 7.45. The lowest BCUT2D eigenvalue weighted by molar-refractivity contribution is 0.867. The monoisotopic (exact) mass is 347 g/mol. The number of nitrogens with one attached hydrogen (secondary N) is 1. The molecular formula is C17H22BrN3. The number of aryl methyl sites for hydroxylation is 2. The molecule has 112 valence electrons. The molecular weight excluding hydrogens is 326 g/mol. The van der Waals surface area contributed by atoms with E-state index in [-0.39, 0.29) is 0 Å². The van der Waals surface area contributed by atoms with Crippen LogP contribution in [0, 0.1) is 13.8 Å². The first-order valence-corrected chi connectivity index (χ1v) is 8.24. The Kier molecular flexibility index (Phi) is 5.34. The normalized spacial score (nSPS) is 10.7. The second-order valence-electron chi connectivity index (χ2n) is 5.18. The molecule has 0 spiro atoms. The third-order valence-electron chi connectivity index (χ3n) is 3.60. The highest BCUT2D eigenvalue weighted by molar-refractivity contribution is 9.10. The standard InChI is InChI=1S/C17H22BrN3/c1-5-8-14-15(18)17(19-6-2)21-16(20-14)13-10-7-9-11(3)12(13)4/h7,9-10H,5-6,8H2,1-4H3,(H,19,20,21). The first-order chi connectivity index (χ1) is 10.1. The molecule has 1 aromatic heterocycles. The molecule has 0 aliphatic rings. The average molecular weight is 348 g/mol. The fourth-order valence-electron chi connectivity index (χ4n) is 2.29. The molecule has 1 aromatic carbocycles. The van der Waals surface area contributed by atoms with E-state index in [9.17, 15) is 0 Å². The number of nitrogens with zero attached hydrogens (tertiary/aromatic N) is 2. The van der Waals surface area contributed by atoms with Crippen molar-refractivity contribution in [2.24, 2.45) is 0 Å². The zero-order chi connectivity index (χ0) is 15.4. The van der Waals surface area contributed by atoms with Crippen molar-refractivity contribution < 1.29 is 0 Å². The molecule has 3 nitrogen and oxygen atoms in total. The summed E-state index contributed by atoms with van der Waals surface area (Å²) in [7, 11) is 0. The molecule has 0 aliphatic heterocycles. The number of hydrogen-bond acceptors (Lipinski definition) is 3. The lowest BCUT2D eigenvalue weighted by Gasteiger charge is -2.14. The molecule has 0 radical (unpaired) electrons. The van der Waals surface area contributed by atoms with Crippen molar-refractivity contribution in [3.63, 3.8) is 0 Å². The van der Waals surface area contributed by atoms with Crippen molar-refractivity contribution in [1.29, 1.82) is 0 Å². The minimum absolute atomic E-state index is 0.804. The highest BCUT2D eigenvalue weighted by atomic mass is 79.9. The van der Waals surface area contributed by atoms with E-state index in [1.54, 1.807) is 0 Å². The van der Waals surface area contributed by atoms with Crippen molar-refractivity contribution in [2.45, 2.75) is 40.5 Å². The molecule has 1 N–H and O–H groups in total. The number of anilines is 1. The minimum atomic E-state index is 0.804. The summed E-state index contributed by atoms with van der Waals surface area (Å²) in [5, 5.41) is 3.32. The maximum atomic E-state index is 4.78. The zero-order valence-corrected chi connectivity index (χ0v) is 14.7. The molecule has 0 amide bonds. The quantitative estimate of drug-likeness (QED) is 0.834. The largest absolute Gasteiger partial charge is 0.369 e. The Morgan fingerprint density at radius 2 is 1.90 bits per heavy atom. The second-order valence-corrected chi connectivity index (χ2v) is 5.98. The molecule has 2 aromatic rings. The van der Waals surface area contributed by atoms with Gasteiger partial charge in [-0.05, 0) is 54.2 Å². The summed E-state index contributed by atoms with van der Waals surface area (Å²) in [6, 6.07) is 6.28. The van der Waals surface area contributed by atoms with E-state index in [2.05, 4.69) is 67.1 Å². The molecule has 0 atom stereocenters. The summed E-state index contributed by atoms with van der Waals surface area (Å²) in [6.45, 7) is 9.33. The van der Waals surface area contributed by atoms with Crippen LogP contribution in [0.25, 0.3) is 11.4 Å². The summed E-state index contributed by atoms with van der Waals surface area (Å²) >= 11 is 3.64. The van der Waals surface area contributed by atoms with Gasteiger partial charge < -0.3 is 5.32 Å². The zero-order valence-electron chi connectivity index (χ0n) is 13.1. The molecule has 0 saturated carbocycles. The molecule has 21 heavy (non-hydrogen) atoms. The Morgan fingerprint density at radius 3 is 2.57 bits per heavy atom. The number of benzene rings is 1. The first kappa shape index (κ1) is 16.0. The van der Waals surface area contributed by atoms with Crippen LogP contribution in [0.15, 0.2) is 22.7 Å². The van der Waals surface area contributed by atoms with Crippen molar-refractivity contribution in [2.75, 3.05) is 11.9 Å². The molecule has 0 aliphatic carbocycles. The lowest BCUT2D eigenvalue weighted by atomic mass is 10.0. The van der Waals surface area contributed by atoms with Crippen molar-refractivity contribution in [3.05, 3.63) is 39.5 Å². The van der Waals surface area contributed by atoms with E-state index in [0.29, 0.717) is 0 Å².